The Labute approximate surface area is 127 Å². The van der Waals surface area contributed by atoms with Crippen LogP contribution < -0.4 is 4.90 Å². The second-order valence-electron chi connectivity index (χ2n) is 5.15. The number of hydrogen-bond acceptors (Lipinski definition) is 3. The zero-order chi connectivity index (χ0) is 14.7. The molecule has 1 aliphatic heterocycles. The molecule has 1 N–H and O–H groups in total. The minimum absolute atomic E-state index is 0.490. The number of anilines is 1. The van der Waals surface area contributed by atoms with Gasteiger partial charge in [-0.25, -0.2) is 4.79 Å². The molecule has 1 aliphatic rings. The predicted octanol–water partition coefficient (Wildman–Crippen LogP) is 2.69. The van der Waals surface area contributed by atoms with Gasteiger partial charge in [0.25, 0.3) is 0 Å². The lowest BCUT2D eigenvalue weighted by Gasteiger charge is -2.39. The Balaban J connectivity index is 2.29. The van der Waals surface area contributed by atoms with E-state index in [0.29, 0.717) is 6.04 Å². The number of carboxylic acids is 1. The first kappa shape index (κ1) is 15.1. The summed E-state index contributed by atoms with van der Waals surface area (Å²) in [5.41, 5.74) is 2.02. The minimum atomic E-state index is -0.928. The van der Waals surface area contributed by atoms with E-state index in [4.69, 9.17) is 5.11 Å². The number of likely N-dealkylation sites (N-methyl/N-ethyl adjacent to an activating group) is 1. The lowest BCUT2D eigenvalue weighted by Crippen LogP contribution is -2.50. The molecule has 4 nitrogen and oxygen atoms in total. The highest BCUT2D eigenvalue weighted by molar-refractivity contribution is 9.10. The Morgan fingerprint density at radius 2 is 2.20 bits per heavy atom. The summed E-state index contributed by atoms with van der Waals surface area (Å²) in [5.74, 6) is -0.928. The van der Waals surface area contributed by atoms with Crippen molar-refractivity contribution in [3.63, 3.8) is 0 Å². The first-order valence-electron chi connectivity index (χ1n) is 6.63. The third kappa shape index (κ3) is 3.61. The number of aliphatic carboxylic acids is 1. The van der Waals surface area contributed by atoms with Crippen molar-refractivity contribution in [1.82, 2.24) is 4.90 Å². The number of benzene rings is 1. The van der Waals surface area contributed by atoms with Gasteiger partial charge in [-0.15, -0.1) is 0 Å². The first-order valence-corrected chi connectivity index (χ1v) is 7.42. The second kappa shape index (κ2) is 6.41. The molecule has 0 bridgehead atoms. The number of rotatable bonds is 3. The van der Waals surface area contributed by atoms with Crippen molar-refractivity contribution in [2.24, 2.45) is 0 Å². The molecule has 1 fully saturated rings. The van der Waals surface area contributed by atoms with E-state index >= 15 is 0 Å². The Kier molecular flexibility index (Phi) is 4.83. The van der Waals surface area contributed by atoms with E-state index in [0.717, 1.165) is 35.4 Å². The number of carbonyl (C=O) groups is 1. The van der Waals surface area contributed by atoms with Crippen LogP contribution in [0.5, 0.6) is 0 Å². The molecule has 0 amide bonds. The number of nitrogens with zero attached hydrogens (tertiary/aromatic N) is 2. The molecule has 1 heterocycles. The van der Waals surface area contributed by atoms with Crippen molar-refractivity contribution >= 4 is 33.7 Å². The van der Waals surface area contributed by atoms with Gasteiger partial charge in [-0.3, -0.25) is 0 Å². The van der Waals surface area contributed by atoms with E-state index in [1.54, 1.807) is 6.08 Å². The van der Waals surface area contributed by atoms with E-state index in [1.807, 2.05) is 18.2 Å². The summed E-state index contributed by atoms with van der Waals surface area (Å²) < 4.78 is 0.952. The first-order chi connectivity index (χ1) is 9.47. The van der Waals surface area contributed by atoms with Gasteiger partial charge in [0.05, 0.1) is 0 Å². The van der Waals surface area contributed by atoms with Gasteiger partial charge in [0, 0.05) is 41.9 Å². The lowest BCUT2D eigenvalue weighted by atomic mass is 10.1. The summed E-state index contributed by atoms with van der Waals surface area (Å²) in [6.45, 7) is 5.12. The van der Waals surface area contributed by atoms with Crippen molar-refractivity contribution < 1.29 is 9.90 Å². The van der Waals surface area contributed by atoms with Crippen LogP contribution in [-0.4, -0.2) is 48.7 Å². The Hall–Kier alpha value is -1.33. The highest BCUT2D eigenvalue weighted by Gasteiger charge is 2.22. The third-order valence-corrected chi connectivity index (χ3v) is 4.19. The Morgan fingerprint density at radius 3 is 2.85 bits per heavy atom. The van der Waals surface area contributed by atoms with Crippen LogP contribution in [0, 0.1) is 0 Å². The van der Waals surface area contributed by atoms with Crippen molar-refractivity contribution in [1.29, 1.82) is 0 Å². The normalized spacial score (nSPS) is 20.6. The fourth-order valence-corrected chi connectivity index (χ4v) is 2.75. The van der Waals surface area contributed by atoms with Crippen LogP contribution in [0.25, 0.3) is 6.08 Å². The smallest absolute Gasteiger partial charge is 0.328 e. The number of hydrogen-bond donors (Lipinski definition) is 1. The monoisotopic (exact) mass is 338 g/mol. The molecule has 0 aliphatic carbocycles. The maximum Gasteiger partial charge on any atom is 0.328 e. The average Bonchev–Trinajstić information content (AvgIpc) is 2.40. The van der Waals surface area contributed by atoms with Crippen molar-refractivity contribution in [2.45, 2.75) is 13.0 Å². The van der Waals surface area contributed by atoms with Gasteiger partial charge in [-0.05, 0) is 43.8 Å². The van der Waals surface area contributed by atoms with Gasteiger partial charge < -0.3 is 14.9 Å². The second-order valence-corrected chi connectivity index (χ2v) is 6.07. The summed E-state index contributed by atoms with van der Waals surface area (Å²) in [4.78, 5) is 15.4. The van der Waals surface area contributed by atoms with E-state index < -0.39 is 5.97 Å². The van der Waals surface area contributed by atoms with Gasteiger partial charge in [0.15, 0.2) is 0 Å². The SMILES string of the molecule is CC1CN(c2ccc(Br)cc2/C=C/C(=O)O)CCN1C. The zero-order valence-corrected chi connectivity index (χ0v) is 13.3. The third-order valence-electron chi connectivity index (χ3n) is 3.70. The van der Waals surface area contributed by atoms with Crippen LogP contribution in [-0.2, 0) is 4.79 Å². The Bertz CT molecular complexity index is 531. The maximum absolute atomic E-state index is 10.7. The molecule has 2 rings (SSSR count). The van der Waals surface area contributed by atoms with Gasteiger partial charge in [0.2, 0.25) is 0 Å². The minimum Gasteiger partial charge on any atom is -0.478 e. The van der Waals surface area contributed by atoms with E-state index in [1.165, 1.54) is 6.08 Å². The highest BCUT2D eigenvalue weighted by atomic mass is 79.9. The van der Waals surface area contributed by atoms with Crippen LogP contribution in [0.15, 0.2) is 28.7 Å². The average molecular weight is 339 g/mol. The highest BCUT2D eigenvalue weighted by Crippen LogP contribution is 2.27. The van der Waals surface area contributed by atoms with E-state index in [9.17, 15) is 4.79 Å². The van der Waals surface area contributed by atoms with Gasteiger partial charge in [0.1, 0.15) is 0 Å². The molecule has 0 aromatic heterocycles. The van der Waals surface area contributed by atoms with Gasteiger partial charge in [-0.1, -0.05) is 15.9 Å². The van der Waals surface area contributed by atoms with Crippen molar-refractivity contribution in [2.75, 3.05) is 31.6 Å². The molecule has 108 valence electrons. The summed E-state index contributed by atoms with van der Waals surface area (Å²) in [6.07, 6.45) is 2.84. The molecule has 0 spiro atoms. The molecule has 0 radical (unpaired) electrons. The summed E-state index contributed by atoms with van der Waals surface area (Å²) >= 11 is 3.44. The Morgan fingerprint density at radius 1 is 1.45 bits per heavy atom. The molecule has 1 unspecified atom stereocenters. The fourth-order valence-electron chi connectivity index (χ4n) is 2.38. The summed E-state index contributed by atoms with van der Waals surface area (Å²) in [7, 11) is 2.13. The number of carboxylic acid groups (broad SMARTS) is 1. The van der Waals surface area contributed by atoms with Gasteiger partial charge >= 0.3 is 5.97 Å². The zero-order valence-electron chi connectivity index (χ0n) is 11.7. The summed E-state index contributed by atoms with van der Waals surface area (Å²) in [5, 5.41) is 8.80. The predicted molar refractivity (Wildman–Crippen MR) is 85.1 cm³/mol. The molecule has 20 heavy (non-hydrogen) atoms. The topological polar surface area (TPSA) is 43.8 Å². The summed E-state index contributed by atoms with van der Waals surface area (Å²) in [6, 6.07) is 6.49. The standard InChI is InChI=1S/C15H19BrN2O2/c1-11-10-18(8-7-17(11)2)14-5-4-13(16)9-12(14)3-6-15(19)20/h3-6,9,11H,7-8,10H2,1-2H3,(H,19,20)/b6-3+. The quantitative estimate of drug-likeness (QED) is 0.860. The molecule has 1 atom stereocenters. The number of piperazine rings is 1. The molecule has 1 saturated heterocycles. The van der Waals surface area contributed by atoms with Crippen LogP contribution in [0.2, 0.25) is 0 Å². The van der Waals surface area contributed by atoms with Gasteiger partial charge in [-0.2, -0.15) is 0 Å². The van der Waals surface area contributed by atoms with E-state index in [-0.39, 0.29) is 0 Å². The molecular weight excluding hydrogens is 320 g/mol. The van der Waals surface area contributed by atoms with Crippen LogP contribution in [0.4, 0.5) is 5.69 Å². The van der Waals surface area contributed by atoms with Crippen LogP contribution in [0.3, 0.4) is 0 Å². The molecule has 1 aromatic rings. The van der Waals surface area contributed by atoms with Crippen LogP contribution >= 0.6 is 15.9 Å². The van der Waals surface area contributed by atoms with Crippen molar-refractivity contribution in [3.8, 4) is 0 Å². The van der Waals surface area contributed by atoms with E-state index in [2.05, 4.69) is 39.7 Å². The number of halogens is 1. The fraction of sp³-hybridized carbons (Fsp3) is 0.400. The maximum atomic E-state index is 10.7. The molecular formula is C15H19BrN2O2. The lowest BCUT2D eigenvalue weighted by molar-refractivity contribution is -0.131. The van der Waals surface area contributed by atoms with Crippen molar-refractivity contribution in [3.05, 3.63) is 34.3 Å². The molecule has 0 saturated carbocycles. The largest absolute Gasteiger partial charge is 0.478 e. The van der Waals surface area contributed by atoms with Crippen LogP contribution in [0.1, 0.15) is 12.5 Å². The molecule has 5 heteroatoms. The molecule has 1 aromatic carbocycles.